The van der Waals surface area contributed by atoms with Gasteiger partial charge in [-0.2, -0.15) is 0 Å². The lowest BCUT2D eigenvalue weighted by Crippen LogP contribution is -2.51. The maximum Gasteiger partial charge on any atom is 0.265 e. The number of nitrogens with zero attached hydrogens (tertiary/aromatic N) is 1. The van der Waals surface area contributed by atoms with E-state index in [9.17, 15) is 9.00 Å². The van der Waals surface area contributed by atoms with Crippen molar-refractivity contribution in [1.29, 1.82) is 0 Å². The number of benzene rings is 3. The molecule has 0 radical (unpaired) electrons. The van der Waals surface area contributed by atoms with Gasteiger partial charge < -0.3 is 4.74 Å². The van der Waals surface area contributed by atoms with E-state index in [1.54, 1.807) is 6.07 Å². The second kappa shape index (κ2) is 11.0. The van der Waals surface area contributed by atoms with E-state index in [0.717, 1.165) is 44.3 Å². The molecule has 1 heterocycles. The summed E-state index contributed by atoms with van der Waals surface area (Å²) in [6, 6.07) is 24.2. The van der Waals surface area contributed by atoms with Gasteiger partial charge in [-0.1, -0.05) is 60.7 Å². The van der Waals surface area contributed by atoms with Crippen LogP contribution in [0, 0.1) is 17.7 Å². The van der Waals surface area contributed by atoms with Gasteiger partial charge in [-0.05, 0) is 60.3 Å². The van der Waals surface area contributed by atoms with Crippen LogP contribution in [0.3, 0.4) is 0 Å². The molecule has 2 aliphatic carbocycles. The van der Waals surface area contributed by atoms with Crippen molar-refractivity contribution in [3.8, 4) is 5.75 Å². The Balaban J connectivity index is 1.10. The molecule has 7 heteroatoms. The number of rotatable bonds is 11. The van der Waals surface area contributed by atoms with Crippen molar-refractivity contribution in [2.24, 2.45) is 11.8 Å². The molecule has 3 aliphatic rings. The molecule has 1 amide bonds. The summed E-state index contributed by atoms with van der Waals surface area (Å²) >= 11 is 0. The van der Waals surface area contributed by atoms with E-state index in [-0.39, 0.29) is 17.5 Å². The van der Waals surface area contributed by atoms with Crippen LogP contribution in [0.15, 0.2) is 72.8 Å². The second-order valence-corrected chi connectivity index (χ2v) is 12.1. The molecule has 3 aromatic carbocycles. The summed E-state index contributed by atoms with van der Waals surface area (Å²) in [4.78, 5) is 15.1. The maximum absolute atomic E-state index is 15.0. The zero-order valence-electron chi connectivity index (χ0n) is 21.4. The number of amides is 1. The van der Waals surface area contributed by atoms with E-state index in [2.05, 4.69) is 58.2 Å². The number of hydrogen-bond donors (Lipinski definition) is 1. The molecule has 1 atom stereocenters. The minimum absolute atomic E-state index is 0.0493. The quantitative estimate of drug-likeness (QED) is 0.349. The molecule has 0 spiro atoms. The van der Waals surface area contributed by atoms with Gasteiger partial charge in [0.25, 0.3) is 5.91 Å². The number of nitrogens with one attached hydrogen (secondary N) is 1. The Morgan fingerprint density at radius 3 is 2.16 bits per heavy atom. The van der Waals surface area contributed by atoms with Gasteiger partial charge in [0.2, 0.25) is 0 Å². The normalized spacial score (nSPS) is 18.7. The molecule has 198 valence electrons. The Morgan fingerprint density at radius 2 is 1.58 bits per heavy atom. The fraction of sp³-hybridized carbons (Fsp3) is 0.387. The van der Waals surface area contributed by atoms with Crippen molar-refractivity contribution >= 4 is 16.9 Å². The summed E-state index contributed by atoms with van der Waals surface area (Å²) in [6.07, 6.45) is 4.10. The third kappa shape index (κ3) is 5.84. The predicted octanol–water partition coefficient (Wildman–Crippen LogP) is 5.61. The standard InChI is InChI=1S/C31H33FN2O3S/c32-28-16-29(26(23-13-14-23)15-27(28)31(35)33-38(36)20-21-11-12-21)37-19-22-17-34(18-22)30(24-7-3-1-4-8-24)25-9-5-2-6-10-25/h1-10,15-16,21-23,30H,11-14,17-20H2,(H,33,35). The SMILES string of the molecule is O=C(NS(=O)CC1CC1)c1cc(C2CC2)c(OCC2CN(C(c3ccccc3)c3ccccc3)C2)cc1F. The van der Waals surface area contributed by atoms with Crippen molar-refractivity contribution in [2.45, 2.75) is 37.6 Å². The summed E-state index contributed by atoms with van der Waals surface area (Å²) in [5, 5.41) is 0. The molecule has 1 aliphatic heterocycles. The van der Waals surface area contributed by atoms with Crippen molar-refractivity contribution in [2.75, 3.05) is 25.4 Å². The first kappa shape index (κ1) is 25.3. The topological polar surface area (TPSA) is 58.6 Å². The second-order valence-electron chi connectivity index (χ2n) is 10.9. The number of carbonyl (C=O) groups is 1. The molecule has 2 saturated carbocycles. The molecular formula is C31H33FN2O3S. The van der Waals surface area contributed by atoms with Crippen LogP contribution in [-0.2, 0) is 11.0 Å². The van der Waals surface area contributed by atoms with E-state index in [4.69, 9.17) is 4.74 Å². The third-order valence-corrected chi connectivity index (χ3v) is 8.89. The molecule has 1 unspecified atom stereocenters. The van der Waals surface area contributed by atoms with Crippen molar-refractivity contribution in [3.05, 3.63) is 101 Å². The van der Waals surface area contributed by atoms with Crippen LogP contribution < -0.4 is 9.46 Å². The van der Waals surface area contributed by atoms with Crippen LogP contribution in [0.2, 0.25) is 0 Å². The van der Waals surface area contributed by atoms with Crippen molar-refractivity contribution in [3.63, 3.8) is 0 Å². The Labute approximate surface area is 226 Å². The summed E-state index contributed by atoms with van der Waals surface area (Å²) in [6.45, 7) is 2.29. The van der Waals surface area contributed by atoms with Crippen LogP contribution in [0.1, 0.15) is 64.7 Å². The van der Waals surface area contributed by atoms with Gasteiger partial charge in [0.15, 0.2) is 0 Å². The van der Waals surface area contributed by atoms with Gasteiger partial charge >= 0.3 is 0 Å². The van der Waals surface area contributed by atoms with Gasteiger partial charge in [0.1, 0.15) is 22.6 Å². The maximum atomic E-state index is 15.0. The number of carbonyl (C=O) groups excluding carboxylic acids is 1. The fourth-order valence-electron chi connectivity index (χ4n) is 5.30. The molecule has 0 aromatic heterocycles. The van der Waals surface area contributed by atoms with Gasteiger partial charge in [-0.3, -0.25) is 14.4 Å². The highest BCUT2D eigenvalue weighted by molar-refractivity contribution is 7.83. The zero-order chi connectivity index (χ0) is 26.1. The van der Waals surface area contributed by atoms with E-state index >= 15 is 4.39 Å². The highest BCUT2D eigenvalue weighted by atomic mass is 32.2. The van der Waals surface area contributed by atoms with E-state index in [1.165, 1.54) is 17.2 Å². The van der Waals surface area contributed by atoms with E-state index in [0.29, 0.717) is 29.9 Å². The largest absolute Gasteiger partial charge is 0.493 e. The van der Waals surface area contributed by atoms with Crippen LogP contribution >= 0.6 is 0 Å². The first-order valence-electron chi connectivity index (χ1n) is 13.5. The van der Waals surface area contributed by atoms with E-state index < -0.39 is 22.7 Å². The highest BCUT2D eigenvalue weighted by Gasteiger charge is 2.35. The highest BCUT2D eigenvalue weighted by Crippen LogP contribution is 2.45. The predicted molar refractivity (Wildman–Crippen MR) is 147 cm³/mol. The molecular weight excluding hydrogens is 499 g/mol. The van der Waals surface area contributed by atoms with Crippen LogP contribution in [0.25, 0.3) is 0 Å². The van der Waals surface area contributed by atoms with Gasteiger partial charge in [-0.25, -0.2) is 8.60 Å². The van der Waals surface area contributed by atoms with Gasteiger partial charge in [-0.15, -0.1) is 0 Å². The first-order chi connectivity index (χ1) is 18.5. The van der Waals surface area contributed by atoms with Gasteiger partial charge in [0, 0.05) is 30.8 Å². The van der Waals surface area contributed by atoms with Crippen LogP contribution in [0.5, 0.6) is 5.75 Å². The molecule has 3 fully saturated rings. The number of likely N-dealkylation sites (tertiary alicyclic amines) is 1. The van der Waals surface area contributed by atoms with Gasteiger partial charge in [0.05, 0.1) is 18.2 Å². The molecule has 3 aromatic rings. The molecule has 1 saturated heterocycles. The number of halogens is 1. The summed E-state index contributed by atoms with van der Waals surface area (Å²) in [5.41, 5.74) is 3.37. The number of ether oxygens (including phenoxy) is 1. The first-order valence-corrected chi connectivity index (χ1v) is 14.9. The fourth-order valence-corrected chi connectivity index (χ4v) is 6.46. The molecule has 0 bridgehead atoms. The molecule has 1 N–H and O–H groups in total. The number of hydrogen-bond acceptors (Lipinski definition) is 4. The third-order valence-electron chi connectivity index (χ3n) is 7.71. The Kier molecular flexibility index (Phi) is 7.30. The molecule has 38 heavy (non-hydrogen) atoms. The lowest BCUT2D eigenvalue weighted by atomic mass is 9.90. The minimum Gasteiger partial charge on any atom is -0.493 e. The van der Waals surface area contributed by atoms with E-state index in [1.807, 2.05) is 12.1 Å². The van der Waals surface area contributed by atoms with Crippen LogP contribution in [0.4, 0.5) is 4.39 Å². The minimum atomic E-state index is -1.47. The smallest absolute Gasteiger partial charge is 0.265 e. The van der Waals surface area contributed by atoms with Crippen molar-refractivity contribution in [1.82, 2.24) is 9.62 Å². The Bertz CT molecular complexity index is 1270. The zero-order valence-corrected chi connectivity index (χ0v) is 22.2. The Morgan fingerprint density at radius 1 is 0.947 bits per heavy atom. The Hall–Kier alpha value is -3.03. The summed E-state index contributed by atoms with van der Waals surface area (Å²) in [7, 11) is -1.47. The average Bonchev–Trinajstić information content (AvgIpc) is 3.82. The van der Waals surface area contributed by atoms with Crippen LogP contribution in [-0.4, -0.2) is 40.5 Å². The average molecular weight is 533 g/mol. The summed E-state index contributed by atoms with van der Waals surface area (Å²) < 4.78 is 35.8. The van der Waals surface area contributed by atoms with Crippen molar-refractivity contribution < 1.29 is 18.1 Å². The summed E-state index contributed by atoms with van der Waals surface area (Å²) in [5.74, 6) is 0.767. The lowest BCUT2D eigenvalue weighted by Gasteiger charge is -2.44. The lowest BCUT2D eigenvalue weighted by molar-refractivity contribution is 0.0375. The molecule has 6 rings (SSSR count). The molecule has 5 nitrogen and oxygen atoms in total. The monoisotopic (exact) mass is 532 g/mol.